The van der Waals surface area contributed by atoms with Crippen LogP contribution < -0.4 is 18.9 Å². The number of aromatic amines is 1. The van der Waals surface area contributed by atoms with Gasteiger partial charge >= 0.3 is 0 Å². The minimum absolute atomic E-state index is 0.370. The molecule has 146 valence electrons. The summed E-state index contributed by atoms with van der Waals surface area (Å²) in [6.07, 6.45) is 1.64. The van der Waals surface area contributed by atoms with Crippen LogP contribution in [0.15, 0.2) is 41.5 Å². The fourth-order valence-corrected chi connectivity index (χ4v) is 2.81. The quantitative estimate of drug-likeness (QED) is 0.483. The highest BCUT2D eigenvalue weighted by atomic mass is 32.1. The van der Waals surface area contributed by atoms with Crippen LogP contribution in [-0.2, 0) is 0 Å². The summed E-state index contributed by atoms with van der Waals surface area (Å²) in [4.78, 5) is 0. The molecule has 0 bridgehead atoms. The van der Waals surface area contributed by atoms with Crippen LogP contribution in [0.2, 0.25) is 0 Å². The number of nitrogens with one attached hydrogen (secondary N) is 1. The van der Waals surface area contributed by atoms with Gasteiger partial charge in [-0.25, -0.2) is 5.10 Å². The summed E-state index contributed by atoms with van der Waals surface area (Å²) in [5.41, 5.74) is 1.59. The topological polar surface area (TPSA) is 82.9 Å². The zero-order chi connectivity index (χ0) is 20.1. The van der Waals surface area contributed by atoms with Crippen LogP contribution in [-0.4, -0.2) is 49.5 Å². The van der Waals surface area contributed by atoms with E-state index in [1.165, 1.54) is 0 Å². The molecule has 0 unspecified atom stereocenters. The lowest BCUT2D eigenvalue weighted by molar-refractivity contribution is 0.324. The first-order chi connectivity index (χ1) is 13.6. The summed E-state index contributed by atoms with van der Waals surface area (Å²) < 4.78 is 23.2. The van der Waals surface area contributed by atoms with Crippen molar-refractivity contribution < 1.29 is 18.9 Å². The molecule has 0 saturated heterocycles. The first-order valence-corrected chi connectivity index (χ1v) is 8.68. The molecule has 0 aliphatic rings. The van der Waals surface area contributed by atoms with E-state index >= 15 is 0 Å². The van der Waals surface area contributed by atoms with Gasteiger partial charge in [-0.05, 0) is 48.6 Å². The predicted octanol–water partition coefficient (Wildman–Crippen LogP) is 3.52. The Bertz CT molecular complexity index is 1020. The van der Waals surface area contributed by atoms with Crippen LogP contribution in [0.25, 0.3) is 11.4 Å². The first-order valence-electron chi connectivity index (χ1n) is 8.27. The molecule has 1 N–H and O–H groups in total. The molecule has 0 saturated carbocycles. The van der Waals surface area contributed by atoms with Crippen LogP contribution in [0.1, 0.15) is 5.56 Å². The van der Waals surface area contributed by atoms with Gasteiger partial charge in [0, 0.05) is 11.1 Å². The molecule has 0 amide bonds. The number of aromatic nitrogens is 3. The molecular weight excluding hydrogens is 380 g/mol. The Kier molecular flexibility index (Phi) is 5.95. The summed E-state index contributed by atoms with van der Waals surface area (Å²) in [5, 5.41) is 11.5. The minimum atomic E-state index is 0.370. The maximum Gasteiger partial charge on any atom is 0.216 e. The number of benzene rings is 2. The molecule has 28 heavy (non-hydrogen) atoms. The second-order valence-electron chi connectivity index (χ2n) is 5.60. The maximum absolute atomic E-state index is 5.37. The molecule has 1 heterocycles. The maximum atomic E-state index is 5.37. The normalized spacial score (nSPS) is 10.9. The average molecular weight is 400 g/mol. The van der Waals surface area contributed by atoms with Crippen molar-refractivity contribution >= 4 is 18.4 Å². The van der Waals surface area contributed by atoms with Crippen LogP contribution in [0, 0.1) is 4.77 Å². The zero-order valence-corrected chi connectivity index (χ0v) is 16.7. The van der Waals surface area contributed by atoms with E-state index in [1.807, 2.05) is 24.3 Å². The summed E-state index contributed by atoms with van der Waals surface area (Å²) in [7, 11) is 6.30. The van der Waals surface area contributed by atoms with Crippen molar-refractivity contribution in [2.75, 3.05) is 28.4 Å². The standard InChI is InChI=1S/C19H20N4O4S/c1-24-14-7-5-13(6-8-14)18-21-22-19(28)23(18)20-11-12-9-15(25-2)17(27-4)16(10-12)26-3/h5-11H,1-4H3,(H,22,28)/b20-11+. The minimum Gasteiger partial charge on any atom is -0.497 e. The smallest absolute Gasteiger partial charge is 0.216 e. The molecule has 0 aliphatic heterocycles. The van der Waals surface area contributed by atoms with E-state index in [4.69, 9.17) is 31.2 Å². The molecule has 8 nitrogen and oxygen atoms in total. The Balaban J connectivity index is 1.99. The lowest BCUT2D eigenvalue weighted by atomic mass is 10.2. The highest BCUT2D eigenvalue weighted by Gasteiger charge is 2.13. The van der Waals surface area contributed by atoms with Gasteiger partial charge in [-0.1, -0.05) is 0 Å². The van der Waals surface area contributed by atoms with Gasteiger partial charge in [0.25, 0.3) is 0 Å². The third-order valence-electron chi connectivity index (χ3n) is 4.01. The second kappa shape index (κ2) is 8.57. The Morgan fingerprint density at radius 3 is 2.14 bits per heavy atom. The highest BCUT2D eigenvalue weighted by molar-refractivity contribution is 7.71. The van der Waals surface area contributed by atoms with Gasteiger partial charge in [-0.2, -0.15) is 14.9 Å². The van der Waals surface area contributed by atoms with Crippen molar-refractivity contribution in [1.29, 1.82) is 0 Å². The van der Waals surface area contributed by atoms with E-state index in [0.29, 0.717) is 27.8 Å². The highest BCUT2D eigenvalue weighted by Crippen LogP contribution is 2.37. The third kappa shape index (κ3) is 3.84. The van der Waals surface area contributed by atoms with Gasteiger partial charge in [0.15, 0.2) is 17.3 Å². The number of hydrogen-bond acceptors (Lipinski definition) is 7. The molecule has 0 atom stereocenters. The molecular formula is C19H20N4O4S. The number of H-pyrrole nitrogens is 1. The lowest BCUT2D eigenvalue weighted by Crippen LogP contribution is -1.98. The molecule has 0 radical (unpaired) electrons. The van der Waals surface area contributed by atoms with Gasteiger partial charge in [0.05, 0.1) is 34.7 Å². The number of ether oxygens (including phenoxy) is 4. The second-order valence-corrected chi connectivity index (χ2v) is 5.98. The van der Waals surface area contributed by atoms with E-state index in [1.54, 1.807) is 51.5 Å². The van der Waals surface area contributed by atoms with Crippen LogP contribution >= 0.6 is 12.2 Å². The van der Waals surface area contributed by atoms with E-state index in [9.17, 15) is 0 Å². The van der Waals surface area contributed by atoms with Crippen LogP contribution in [0.5, 0.6) is 23.0 Å². The van der Waals surface area contributed by atoms with Gasteiger partial charge in [-0.3, -0.25) is 0 Å². The van der Waals surface area contributed by atoms with E-state index in [-0.39, 0.29) is 0 Å². The Labute approximate surface area is 167 Å². The zero-order valence-electron chi connectivity index (χ0n) is 15.9. The van der Waals surface area contributed by atoms with Gasteiger partial charge in [-0.15, -0.1) is 0 Å². The van der Waals surface area contributed by atoms with Crippen molar-refractivity contribution in [2.24, 2.45) is 5.10 Å². The fraction of sp³-hybridized carbons (Fsp3) is 0.211. The van der Waals surface area contributed by atoms with Gasteiger partial charge in [0.2, 0.25) is 10.5 Å². The molecule has 0 aliphatic carbocycles. The van der Waals surface area contributed by atoms with Crippen LogP contribution in [0.3, 0.4) is 0 Å². The molecule has 0 fully saturated rings. The van der Waals surface area contributed by atoms with Crippen LogP contribution in [0.4, 0.5) is 0 Å². The molecule has 0 spiro atoms. The number of nitrogens with zero attached hydrogens (tertiary/aromatic N) is 3. The molecule has 3 rings (SSSR count). The molecule has 3 aromatic rings. The predicted molar refractivity (Wildman–Crippen MR) is 108 cm³/mol. The average Bonchev–Trinajstić information content (AvgIpc) is 3.11. The molecule has 9 heteroatoms. The number of hydrogen-bond donors (Lipinski definition) is 1. The van der Waals surface area contributed by atoms with Crippen molar-refractivity contribution in [2.45, 2.75) is 0 Å². The Morgan fingerprint density at radius 2 is 1.61 bits per heavy atom. The summed E-state index contributed by atoms with van der Waals surface area (Å²) >= 11 is 5.31. The first kappa shape index (κ1) is 19.4. The Hall–Kier alpha value is -3.33. The summed E-state index contributed by atoms with van der Waals surface area (Å²) in [6, 6.07) is 11.0. The fourth-order valence-electron chi connectivity index (χ4n) is 2.63. The van der Waals surface area contributed by atoms with E-state index < -0.39 is 0 Å². The lowest BCUT2D eigenvalue weighted by Gasteiger charge is -2.12. The monoisotopic (exact) mass is 400 g/mol. The number of methoxy groups -OCH3 is 4. The SMILES string of the molecule is COc1ccc(-c2n[nH]c(=S)n2/N=C/c2cc(OC)c(OC)c(OC)c2)cc1. The van der Waals surface area contributed by atoms with Gasteiger partial charge in [0.1, 0.15) is 5.75 Å². The molecule has 2 aromatic carbocycles. The summed E-state index contributed by atoms with van der Waals surface area (Å²) in [6.45, 7) is 0. The van der Waals surface area contributed by atoms with Gasteiger partial charge < -0.3 is 18.9 Å². The van der Waals surface area contributed by atoms with Crippen molar-refractivity contribution in [3.63, 3.8) is 0 Å². The van der Waals surface area contributed by atoms with Crippen molar-refractivity contribution in [3.8, 4) is 34.4 Å². The van der Waals surface area contributed by atoms with E-state index in [2.05, 4.69) is 15.3 Å². The third-order valence-corrected chi connectivity index (χ3v) is 4.27. The van der Waals surface area contributed by atoms with Crippen molar-refractivity contribution in [3.05, 3.63) is 46.7 Å². The Morgan fingerprint density at radius 1 is 0.964 bits per heavy atom. The molecule has 1 aromatic heterocycles. The largest absolute Gasteiger partial charge is 0.497 e. The van der Waals surface area contributed by atoms with Crippen molar-refractivity contribution in [1.82, 2.24) is 14.9 Å². The van der Waals surface area contributed by atoms with E-state index in [0.717, 1.165) is 16.9 Å². The number of rotatable bonds is 7. The summed E-state index contributed by atoms with van der Waals surface area (Å²) in [5.74, 6) is 2.92.